The molecule has 0 aromatic heterocycles. The van der Waals surface area contributed by atoms with Crippen LogP contribution in [0.25, 0.3) is 0 Å². The fourth-order valence-electron chi connectivity index (χ4n) is 2.12. The summed E-state index contributed by atoms with van der Waals surface area (Å²) < 4.78 is 25.4. The summed E-state index contributed by atoms with van der Waals surface area (Å²) in [5.74, 6) is -0.234. The van der Waals surface area contributed by atoms with E-state index in [9.17, 15) is 13.6 Å². The maximum Gasteiger partial charge on any atom is 0.263 e. The Labute approximate surface area is 110 Å². The number of piperazine rings is 1. The molecule has 1 saturated heterocycles. The van der Waals surface area contributed by atoms with Crippen molar-refractivity contribution >= 4 is 11.6 Å². The van der Waals surface area contributed by atoms with Crippen molar-refractivity contribution in [3.8, 4) is 0 Å². The summed E-state index contributed by atoms with van der Waals surface area (Å²) in [7, 11) is 1.98. The first kappa shape index (κ1) is 13.7. The summed E-state index contributed by atoms with van der Waals surface area (Å²) in [4.78, 5) is 16.0. The van der Waals surface area contributed by atoms with Gasteiger partial charge >= 0.3 is 0 Å². The number of amides is 1. The van der Waals surface area contributed by atoms with Gasteiger partial charge in [0.1, 0.15) is 0 Å². The van der Waals surface area contributed by atoms with Crippen molar-refractivity contribution in [3.63, 3.8) is 0 Å². The second-order valence-corrected chi connectivity index (χ2v) is 4.78. The van der Waals surface area contributed by atoms with Crippen LogP contribution >= 0.6 is 0 Å². The average molecular weight is 269 g/mol. The second kappa shape index (κ2) is 5.52. The van der Waals surface area contributed by atoms with Crippen LogP contribution in [0.3, 0.4) is 0 Å². The van der Waals surface area contributed by atoms with Crippen LogP contribution in [0.1, 0.15) is 22.3 Å². The second-order valence-electron chi connectivity index (χ2n) is 4.78. The zero-order valence-electron chi connectivity index (χ0n) is 10.8. The van der Waals surface area contributed by atoms with E-state index in [1.165, 1.54) is 18.2 Å². The zero-order chi connectivity index (χ0) is 14.0. The molecule has 0 unspecified atom stereocenters. The molecule has 0 bridgehead atoms. The number of halogens is 2. The first-order chi connectivity index (χ1) is 8.97. The number of alkyl halides is 2. The Morgan fingerprint density at radius 1 is 1.21 bits per heavy atom. The predicted octanol–water partition coefficient (Wildman–Crippen LogP) is 1.59. The number of hydrogen-bond acceptors (Lipinski definition) is 3. The third kappa shape index (κ3) is 3.20. The maximum absolute atomic E-state index is 12.7. The Morgan fingerprint density at radius 3 is 2.42 bits per heavy atom. The highest BCUT2D eigenvalue weighted by atomic mass is 19.3. The standard InChI is InChI=1S/C13H17F2N3O/c1-17-2-4-18(5-3-17)13(19)10-6-9(12(14)15)7-11(16)8-10/h6-8,12H,2-5,16H2,1H3. The number of anilines is 1. The minimum absolute atomic E-state index is 0.190. The van der Waals surface area contributed by atoms with Gasteiger partial charge in [0, 0.05) is 43.0 Å². The molecule has 104 valence electrons. The topological polar surface area (TPSA) is 49.6 Å². The van der Waals surface area contributed by atoms with Gasteiger partial charge in [-0.2, -0.15) is 0 Å². The number of hydrogen-bond donors (Lipinski definition) is 1. The Morgan fingerprint density at radius 2 is 1.84 bits per heavy atom. The Bertz CT molecular complexity index is 471. The molecule has 1 aliphatic heterocycles. The molecule has 0 spiro atoms. The van der Waals surface area contributed by atoms with E-state index in [0.29, 0.717) is 13.1 Å². The normalized spacial score (nSPS) is 16.9. The van der Waals surface area contributed by atoms with Gasteiger partial charge in [0.05, 0.1) is 0 Å². The molecule has 2 N–H and O–H groups in total. The summed E-state index contributed by atoms with van der Waals surface area (Å²) in [6.45, 7) is 2.79. The number of carbonyl (C=O) groups excluding carboxylic acids is 1. The number of nitrogen functional groups attached to an aromatic ring is 1. The number of nitrogens with zero attached hydrogens (tertiary/aromatic N) is 2. The molecule has 1 amide bonds. The Hall–Kier alpha value is -1.69. The van der Waals surface area contributed by atoms with E-state index in [0.717, 1.165) is 13.1 Å². The van der Waals surface area contributed by atoms with E-state index in [4.69, 9.17) is 5.73 Å². The molecule has 1 fully saturated rings. The van der Waals surface area contributed by atoms with Gasteiger partial charge in [-0.05, 0) is 25.2 Å². The highest BCUT2D eigenvalue weighted by molar-refractivity contribution is 5.95. The van der Waals surface area contributed by atoms with Crippen molar-refractivity contribution in [2.45, 2.75) is 6.43 Å². The molecule has 0 radical (unpaired) electrons. The van der Waals surface area contributed by atoms with Crippen molar-refractivity contribution in [2.75, 3.05) is 39.0 Å². The molecule has 0 saturated carbocycles. The van der Waals surface area contributed by atoms with Crippen LogP contribution in [0.15, 0.2) is 18.2 Å². The number of benzene rings is 1. The molecular formula is C13H17F2N3O. The molecule has 1 aromatic rings. The molecule has 1 aromatic carbocycles. The number of carbonyl (C=O) groups is 1. The van der Waals surface area contributed by atoms with E-state index in [1.54, 1.807) is 4.90 Å². The first-order valence-corrected chi connectivity index (χ1v) is 6.14. The summed E-state index contributed by atoms with van der Waals surface area (Å²) in [6, 6.07) is 3.87. The van der Waals surface area contributed by atoms with E-state index in [-0.39, 0.29) is 22.7 Å². The lowest BCUT2D eigenvalue weighted by atomic mass is 10.1. The molecule has 19 heavy (non-hydrogen) atoms. The van der Waals surface area contributed by atoms with Crippen LogP contribution in [0, 0.1) is 0 Å². The van der Waals surface area contributed by atoms with Gasteiger partial charge in [-0.25, -0.2) is 8.78 Å². The SMILES string of the molecule is CN1CCN(C(=O)c2cc(N)cc(C(F)F)c2)CC1. The molecule has 2 rings (SSSR count). The van der Waals surface area contributed by atoms with Crippen LogP contribution in [0.4, 0.5) is 14.5 Å². The van der Waals surface area contributed by atoms with Gasteiger partial charge in [0.2, 0.25) is 0 Å². The fourth-order valence-corrected chi connectivity index (χ4v) is 2.12. The summed E-state index contributed by atoms with van der Waals surface area (Å²) in [5.41, 5.74) is 5.79. The quantitative estimate of drug-likeness (QED) is 0.830. The molecule has 0 atom stereocenters. The number of likely N-dealkylation sites (N-methyl/N-ethyl adjacent to an activating group) is 1. The smallest absolute Gasteiger partial charge is 0.263 e. The third-order valence-corrected chi connectivity index (χ3v) is 3.27. The maximum atomic E-state index is 12.7. The van der Waals surface area contributed by atoms with Crippen LogP contribution in [0.5, 0.6) is 0 Å². The van der Waals surface area contributed by atoms with Gasteiger partial charge < -0.3 is 15.5 Å². The zero-order valence-corrected chi connectivity index (χ0v) is 10.8. The van der Waals surface area contributed by atoms with Crippen LogP contribution in [-0.2, 0) is 0 Å². The molecule has 1 aliphatic rings. The van der Waals surface area contributed by atoms with Gasteiger partial charge in [0.25, 0.3) is 12.3 Å². The highest BCUT2D eigenvalue weighted by Gasteiger charge is 2.21. The predicted molar refractivity (Wildman–Crippen MR) is 69.2 cm³/mol. The Balaban J connectivity index is 2.19. The van der Waals surface area contributed by atoms with E-state index in [1.807, 2.05) is 7.05 Å². The van der Waals surface area contributed by atoms with Crippen LogP contribution < -0.4 is 5.73 Å². The van der Waals surface area contributed by atoms with E-state index < -0.39 is 6.43 Å². The van der Waals surface area contributed by atoms with Crippen LogP contribution in [0.2, 0.25) is 0 Å². The van der Waals surface area contributed by atoms with Crippen molar-refractivity contribution in [3.05, 3.63) is 29.3 Å². The van der Waals surface area contributed by atoms with Gasteiger partial charge in [-0.1, -0.05) is 0 Å². The minimum Gasteiger partial charge on any atom is -0.399 e. The highest BCUT2D eigenvalue weighted by Crippen LogP contribution is 2.23. The lowest BCUT2D eigenvalue weighted by molar-refractivity contribution is 0.0663. The summed E-state index contributed by atoms with van der Waals surface area (Å²) in [5, 5.41) is 0. The summed E-state index contributed by atoms with van der Waals surface area (Å²) in [6.07, 6.45) is -2.62. The Kier molecular flexibility index (Phi) is 3.99. The van der Waals surface area contributed by atoms with Crippen molar-refractivity contribution in [1.29, 1.82) is 0 Å². The summed E-state index contributed by atoms with van der Waals surface area (Å²) >= 11 is 0. The number of nitrogens with two attached hydrogens (primary N) is 1. The minimum atomic E-state index is -2.62. The van der Waals surface area contributed by atoms with Gasteiger partial charge in [-0.3, -0.25) is 4.79 Å². The lowest BCUT2D eigenvalue weighted by Crippen LogP contribution is -2.47. The number of rotatable bonds is 2. The largest absolute Gasteiger partial charge is 0.399 e. The fraction of sp³-hybridized carbons (Fsp3) is 0.462. The van der Waals surface area contributed by atoms with E-state index >= 15 is 0 Å². The van der Waals surface area contributed by atoms with Gasteiger partial charge in [0.15, 0.2) is 0 Å². The molecule has 0 aliphatic carbocycles. The average Bonchev–Trinajstić information content (AvgIpc) is 2.38. The van der Waals surface area contributed by atoms with Crippen molar-refractivity contribution in [1.82, 2.24) is 9.80 Å². The third-order valence-electron chi connectivity index (χ3n) is 3.27. The first-order valence-electron chi connectivity index (χ1n) is 6.14. The molecule has 4 nitrogen and oxygen atoms in total. The van der Waals surface area contributed by atoms with Crippen molar-refractivity contribution in [2.24, 2.45) is 0 Å². The van der Waals surface area contributed by atoms with Gasteiger partial charge in [-0.15, -0.1) is 0 Å². The van der Waals surface area contributed by atoms with E-state index in [2.05, 4.69) is 4.90 Å². The lowest BCUT2D eigenvalue weighted by Gasteiger charge is -2.32. The van der Waals surface area contributed by atoms with Crippen molar-refractivity contribution < 1.29 is 13.6 Å². The molecule has 6 heteroatoms. The molecule has 1 heterocycles. The monoisotopic (exact) mass is 269 g/mol. The van der Waals surface area contributed by atoms with Crippen LogP contribution in [-0.4, -0.2) is 48.9 Å². The molecular weight excluding hydrogens is 252 g/mol.